The SMILES string of the molecule is COC(=O)c1c(NC(=O)CSc2nnc(-c3csc(C)c3)n2C)sc2c1CCC2. The highest BCUT2D eigenvalue weighted by molar-refractivity contribution is 7.99. The van der Waals surface area contributed by atoms with Crippen LogP contribution in [0, 0.1) is 6.92 Å². The van der Waals surface area contributed by atoms with Gasteiger partial charge in [0, 0.05) is 27.7 Å². The van der Waals surface area contributed by atoms with Crippen LogP contribution in [0.3, 0.4) is 0 Å². The summed E-state index contributed by atoms with van der Waals surface area (Å²) in [4.78, 5) is 27.1. The molecule has 1 aliphatic carbocycles. The molecule has 1 N–H and O–H groups in total. The number of thiophene rings is 2. The summed E-state index contributed by atoms with van der Waals surface area (Å²) in [7, 11) is 3.26. The summed E-state index contributed by atoms with van der Waals surface area (Å²) >= 11 is 4.45. The molecule has 0 spiro atoms. The lowest BCUT2D eigenvalue weighted by atomic mass is 10.1. The molecular weight excluding hydrogens is 428 g/mol. The molecule has 4 rings (SSSR count). The number of hydrogen-bond acceptors (Lipinski definition) is 8. The maximum Gasteiger partial charge on any atom is 0.341 e. The zero-order valence-corrected chi connectivity index (χ0v) is 18.7. The van der Waals surface area contributed by atoms with Crippen molar-refractivity contribution in [3.63, 3.8) is 0 Å². The van der Waals surface area contributed by atoms with E-state index < -0.39 is 5.97 Å². The van der Waals surface area contributed by atoms with Crippen molar-refractivity contribution in [2.75, 3.05) is 18.2 Å². The van der Waals surface area contributed by atoms with Gasteiger partial charge < -0.3 is 14.6 Å². The molecule has 1 amide bonds. The van der Waals surface area contributed by atoms with Crippen LogP contribution >= 0.6 is 34.4 Å². The molecule has 29 heavy (non-hydrogen) atoms. The minimum atomic E-state index is -0.392. The number of aryl methyl sites for hydroxylation is 2. The monoisotopic (exact) mass is 448 g/mol. The van der Waals surface area contributed by atoms with Gasteiger partial charge in [0.1, 0.15) is 5.00 Å². The van der Waals surface area contributed by atoms with Crippen molar-refractivity contribution in [2.45, 2.75) is 31.3 Å². The highest BCUT2D eigenvalue weighted by atomic mass is 32.2. The predicted octanol–water partition coefficient (Wildman–Crippen LogP) is 3.92. The summed E-state index contributed by atoms with van der Waals surface area (Å²) < 4.78 is 6.81. The van der Waals surface area contributed by atoms with E-state index in [4.69, 9.17) is 4.74 Å². The Hall–Kier alpha value is -2.17. The standard InChI is InChI=1S/C19H20N4O3S3/c1-10-7-11(8-27-10)16-21-22-19(23(16)2)28-9-14(24)20-17-15(18(25)26-3)12-5-4-6-13(12)29-17/h7-8H,4-6,9H2,1-3H3,(H,20,24). The molecule has 0 fully saturated rings. The summed E-state index contributed by atoms with van der Waals surface area (Å²) in [6.45, 7) is 2.05. The first-order valence-corrected chi connectivity index (χ1v) is 11.8. The van der Waals surface area contributed by atoms with Gasteiger partial charge in [0.05, 0.1) is 18.4 Å². The number of hydrogen-bond donors (Lipinski definition) is 1. The molecule has 10 heteroatoms. The zero-order chi connectivity index (χ0) is 20.5. The molecule has 0 radical (unpaired) electrons. The number of methoxy groups -OCH3 is 1. The molecule has 7 nitrogen and oxygen atoms in total. The number of fused-ring (bicyclic) bond motifs is 1. The number of thioether (sulfide) groups is 1. The van der Waals surface area contributed by atoms with Gasteiger partial charge in [-0.15, -0.1) is 32.9 Å². The van der Waals surface area contributed by atoms with Crippen LogP contribution in [-0.4, -0.2) is 39.5 Å². The summed E-state index contributed by atoms with van der Waals surface area (Å²) in [6, 6.07) is 2.07. The van der Waals surface area contributed by atoms with Gasteiger partial charge in [0.15, 0.2) is 11.0 Å². The van der Waals surface area contributed by atoms with Crippen LogP contribution in [-0.2, 0) is 29.4 Å². The number of carbonyl (C=O) groups is 2. The first-order chi connectivity index (χ1) is 14.0. The van der Waals surface area contributed by atoms with Gasteiger partial charge in [0.25, 0.3) is 0 Å². The molecule has 3 heterocycles. The van der Waals surface area contributed by atoms with Crippen LogP contribution in [0.2, 0.25) is 0 Å². The van der Waals surface area contributed by atoms with Crippen molar-refractivity contribution in [1.29, 1.82) is 0 Å². The fourth-order valence-corrected chi connectivity index (χ4v) is 6.04. The van der Waals surface area contributed by atoms with E-state index in [1.54, 1.807) is 11.3 Å². The summed E-state index contributed by atoms with van der Waals surface area (Å²) in [5.41, 5.74) is 2.56. The molecule has 0 aliphatic heterocycles. The molecular formula is C19H20N4O3S3. The second-order valence-corrected chi connectivity index (χ2v) is 9.86. The van der Waals surface area contributed by atoms with E-state index in [0.717, 1.165) is 41.1 Å². The highest BCUT2D eigenvalue weighted by Crippen LogP contribution is 2.39. The van der Waals surface area contributed by atoms with Crippen molar-refractivity contribution in [3.8, 4) is 11.4 Å². The lowest BCUT2D eigenvalue weighted by Crippen LogP contribution is -2.16. The van der Waals surface area contributed by atoms with Gasteiger partial charge in [-0.3, -0.25) is 4.79 Å². The number of nitrogens with zero attached hydrogens (tertiary/aromatic N) is 3. The first-order valence-electron chi connectivity index (χ1n) is 9.08. The summed E-state index contributed by atoms with van der Waals surface area (Å²) in [5, 5.41) is 14.6. The highest BCUT2D eigenvalue weighted by Gasteiger charge is 2.28. The molecule has 1 aliphatic rings. The van der Waals surface area contributed by atoms with Crippen molar-refractivity contribution >= 4 is 51.3 Å². The number of carbonyl (C=O) groups excluding carboxylic acids is 2. The molecule has 3 aromatic heterocycles. The second kappa shape index (κ2) is 8.29. The Morgan fingerprint density at radius 3 is 2.90 bits per heavy atom. The molecule has 0 atom stereocenters. The molecule has 3 aromatic rings. The third-order valence-electron chi connectivity index (χ3n) is 4.72. The number of rotatable bonds is 6. The second-order valence-electron chi connectivity index (χ2n) is 6.70. The zero-order valence-electron chi connectivity index (χ0n) is 16.3. The Kier molecular flexibility index (Phi) is 5.75. The number of aromatic nitrogens is 3. The minimum Gasteiger partial charge on any atom is -0.465 e. The summed E-state index contributed by atoms with van der Waals surface area (Å²) in [5.74, 6) is 0.380. The van der Waals surface area contributed by atoms with Gasteiger partial charge in [-0.2, -0.15) is 0 Å². The molecule has 0 unspecified atom stereocenters. The topological polar surface area (TPSA) is 86.1 Å². The van der Waals surface area contributed by atoms with Gasteiger partial charge >= 0.3 is 5.97 Å². The quantitative estimate of drug-likeness (QED) is 0.454. The normalized spacial score (nSPS) is 12.8. The van der Waals surface area contributed by atoms with Crippen molar-refractivity contribution in [2.24, 2.45) is 7.05 Å². The van der Waals surface area contributed by atoms with E-state index in [2.05, 4.69) is 21.6 Å². The van der Waals surface area contributed by atoms with E-state index in [1.807, 2.05) is 23.9 Å². The van der Waals surface area contributed by atoms with Gasteiger partial charge in [-0.05, 0) is 37.8 Å². The Bertz CT molecular complexity index is 1080. The Morgan fingerprint density at radius 1 is 1.34 bits per heavy atom. The minimum absolute atomic E-state index is 0.178. The number of anilines is 1. The Balaban J connectivity index is 1.44. The van der Waals surface area contributed by atoms with Crippen LogP contribution in [0.1, 0.15) is 32.1 Å². The van der Waals surface area contributed by atoms with Gasteiger partial charge in [0.2, 0.25) is 5.91 Å². The smallest absolute Gasteiger partial charge is 0.341 e. The van der Waals surface area contributed by atoms with Crippen LogP contribution in [0.5, 0.6) is 0 Å². The molecule has 0 saturated carbocycles. The predicted molar refractivity (Wildman–Crippen MR) is 116 cm³/mol. The average molecular weight is 449 g/mol. The van der Waals surface area contributed by atoms with Crippen LogP contribution in [0.4, 0.5) is 5.00 Å². The first kappa shape index (κ1) is 20.1. The number of esters is 1. The Morgan fingerprint density at radius 2 is 2.17 bits per heavy atom. The number of ether oxygens (including phenoxy) is 1. The van der Waals surface area contributed by atoms with E-state index in [1.165, 1.54) is 35.1 Å². The van der Waals surface area contributed by atoms with Crippen LogP contribution < -0.4 is 5.32 Å². The summed E-state index contributed by atoms with van der Waals surface area (Å²) in [6.07, 6.45) is 2.83. The van der Waals surface area contributed by atoms with Gasteiger partial charge in [-0.1, -0.05) is 11.8 Å². The number of amides is 1. The fraction of sp³-hybridized carbons (Fsp3) is 0.368. The van der Waals surface area contributed by atoms with Crippen LogP contribution in [0.25, 0.3) is 11.4 Å². The molecule has 0 saturated heterocycles. The van der Waals surface area contributed by atoms with E-state index in [0.29, 0.717) is 15.7 Å². The van der Waals surface area contributed by atoms with Crippen molar-refractivity contribution < 1.29 is 14.3 Å². The molecule has 0 bridgehead atoms. The van der Waals surface area contributed by atoms with Crippen molar-refractivity contribution in [3.05, 3.63) is 32.3 Å². The van der Waals surface area contributed by atoms with Crippen molar-refractivity contribution in [1.82, 2.24) is 14.8 Å². The fourth-order valence-electron chi connectivity index (χ4n) is 3.36. The third kappa shape index (κ3) is 3.96. The van der Waals surface area contributed by atoms with Gasteiger partial charge in [-0.25, -0.2) is 4.79 Å². The maximum absolute atomic E-state index is 12.5. The third-order valence-corrected chi connectivity index (χ3v) is 7.81. The van der Waals surface area contributed by atoms with E-state index >= 15 is 0 Å². The van der Waals surface area contributed by atoms with Crippen LogP contribution in [0.15, 0.2) is 16.6 Å². The molecule has 152 valence electrons. The number of nitrogens with one attached hydrogen (secondary N) is 1. The molecule has 0 aromatic carbocycles. The lowest BCUT2D eigenvalue weighted by molar-refractivity contribution is -0.113. The van der Waals surface area contributed by atoms with E-state index in [-0.39, 0.29) is 11.7 Å². The largest absolute Gasteiger partial charge is 0.465 e. The maximum atomic E-state index is 12.5. The Labute approximate surface area is 180 Å². The average Bonchev–Trinajstić information content (AvgIpc) is 3.44. The van der Waals surface area contributed by atoms with E-state index in [9.17, 15) is 9.59 Å². The lowest BCUT2D eigenvalue weighted by Gasteiger charge is -2.07.